The highest BCUT2D eigenvalue weighted by Crippen LogP contribution is 2.20. The van der Waals surface area contributed by atoms with Crippen LogP contribution in [0.4, 0.5) is 0 Å². The Morgan fingerprint density at radius 3 is 2.55 bits per heavy atom. The van der Waals surface area contributed by atoms with Crippen molar-refractivity contribution in [2.24, 2.45) is 17.6 Å². The van der Waals surface area contributed by atoms with Crippen molar-refractivity contribution in [3.8, 4) is 0 Å². The Bertz CT molecular complexity index is 189. The van der Waals surface area contributed by atoms with Crippen LogP contribution in [0.5, 0.6) is 0 Å². The zero-order chi connectivity index (χ0) is 8.43. The number of allylic oxidation sites excluding steroid dienone is 2. The first-order chi connectivity index (χ1) is 5.11. The highest BCUT2D eigenvalue weighted by molar-refractivity contribution is 5.28. The molecule has 0 saturated heterocycles. The van der Waals surface area contributed by atoms with E-state index in [4.69, 9.17) is 5.73 Å². The van der Waals surface area contributed by atoms with Gasteiger partial charge in [-0.2, -0.15) is 0 Å². The van der Waals surface area contributed by atoms with Crippen molar-refractivity contribution in [3.05, 3.63) is 23.8 Å². The molecule has 62 valence electrons. The van der Waals surface area contributed by atoms with E-state index in [2.05, 4.69) is 39.0 Å². The zero-order valence-corrected chi connectivity index (χ0v) is 7.54. The maximum atomic E-state index is 5.88. The molecule has 0 bridgehead atoms. The summed E-state index contributed by atoms with van der Waals surface area (Å²) in [7, 11) is 0. The van der Waals surface area contributed by atoms with Gasteiger partial charge in [0.1, 0.15) is 0 Å². The Labute approximate surface area is 69.0 Å². The largest absolute Gasteiger partial charge is 0.324 e. The molecule has 0 amide bonds. The van der Waals surface area contributed by atoms with E-state index in [1.807, 2.05) is 0 Å². The Morgan fingerprint density at radius 2 is 2.09 bits per heavy atom. The summed E-state index contributed by atoms with van der Waals surface area (Å²) in [4.78, 5) is 0. The maximum absolute atomic E-state index is 5.88. The molecule has 1 nitrogen and oxygen atoms in total. The van der Waals surface area contributed by atoms with Gasteiger partial charge in [-0.25, -0.2) is 0 Å². The van der Waals surface area contributed by atoms with Gasteiger partial charge in [0.2, 0.25) is 0 Å². The van der Waals surface area contributed by atoms with E-state index in [0.717, 1.165) is 0 Å². The van der Waals surface area contributed by atoms with Gasteiger partial charge in [-0.3, -0.25) is 0 Å². The van der Waals surface area contributed by atoms with Crippen LogP contribution in [0.25, 0.3) is 0 Å². The molecule has 0 aromatic rings. The molecule has 11 heavy (non-hydrogen) atoms. The quantitative estimate of drug-likeness (QED) is 0.610. The van der Waals surface area contributed by atoms with Crippen LogP contribution in [-0.4, -0.2) is 6.04 Å². The van der Waals surface area contributed by atoms with Crippen molar-refractivity contribution in [2.45, 2.75) is 26.8 Å². The molecular formula is C10H17N. The fourth-order valence-corrected chi connectivity index (χ4v) is 1.21. The molecule has 0 spiro atoms. The molecule has 0 aromatic carbocycles. The second-order valence-corrected chi connectivity index (χ2v) is 3.62. The van der Waals surface area contributed by atoms with Crippen LogP contribution in [0.1, 0.15) is 20.8 Å². The summed E-state index contributed by atoms with van der Waals surface area (Å²) in [5.74, 6) is 1.10. The summed E-state index contributed by atoms with van der Waals surface area (Å²) in [6.45, 7) is 6.53. The molecule has 2 unspecified atom stereocenters. The first-order valence-corrected chi connectivity index (χ1v) is 4.26. The Balaban J connectivity index is 2.72. The third kappa shape index (κ3) is 1.93. The first kappa shape index (κ1) is 8.54. The van der Waals surface area contributed by atoms with E-state index in [1.54, 1.807) is 0 Å². The summed E-state index contributed by atoms with van der Waals surface area (Å²) in [5, 5.41) is 0. The van der Waals surface area contributed by atoms with E-state index >= 15 is 0 Å². The Kier molecular flexibility index (Phi) is 2.50. The number of hydrogen-bond acceptors (Lipinski definition) is 1. The lowest BCUT2D eigenvalue weighted by atomic mass is 9.89. The van der Waals surface area contributed by atoms with Gasteiger partial charge in [0.25, 0.3) is 0 Å². The fourth-order valence-electron chi connectivity index (χ4n) is 1.21. The van der Waals surface area contributed by atoms with Crippen LogP contribution in [0, 0.1) is 11.8 Å². The van der Waals surface area contributed by atoms with Crippen molar-refractivity contribution < 1.29 is 0 Å². The van der Waals surface area contributed by atoms with E-state index < -0.39 is 0 Å². The van der Waals surface area contributed by atoms with Gasteiger partial charge in [0, 0.05) is 6.04 Å². The van der Waals surface area contributed by atoms with Gasteiger partial charge in [-0.1, -0.05) is 39.0 Å². The molecule has 0 aromatic heterocycles. The van der Waals surface area contributed by atoms with Crippen molar-refractivity contribution in [3.63, 3.8) is 0 Å². The summed E-state index contributed by atoms with van der Waals surface area (Å²) in [6, 6.07) is 0.220. The third-order valence-electron chi connectivity index (χ3n) is 2.25. The molecule has 0 saturated carbocycles. The van der Waals surface area contributed by atoms with Gasteiger partial charge in [-0.15, -0.1) is 0 Å². The smallest absolute Gasteiger partial charge is 0.0290 e. The van der Waals surface area contributed by atoms with Crippen LogP contribution < -0.4 is 5.73 Å². The molecule has 1 rings (SSSR count). The van der Waals surface area contributed by atoms with Gasteiger partial charge in [0.05, 0.1) is 0 Å². The van der Waals surface area contributed by atoms with Crippen LogP contribution in [0.3, 0.4) is 0 Å². The van der Waals surface area contributed by atoms with Gasteiger partial charge in [0.15, 0.2) is 0 Å². The number of rotatable bonds is 1. The zero-order valence-electron chi connectivity index (χ0n) is 7.54. The molecule has 0 heterocycles. The minimum atomic E-state index is 0.220. The normalized spacial score (nSPS) is 30.8. The summed E-state index contributed by atoms with van der Waals surface area (Å²) in [5.41, 5.74) is 7.25. The van der Waals surface area contributed by atoms with Crippen LogP contribution in [-0.2, 0) is 0 Å². The van der Waals surface area contributed by atoms with Gasteiger partial charge < -0.3 is 5.73 Å². The maximum Gasteiger partial charge on any atom is 0.0290 e. The van der Waals surface area contributed by atoms with Crippen molar-refractivity contribution in [2.75, 3.05) is 0 Å². The first-order valence-electron chi connectivity index (χ1n) is 4.26. The van der Waals surface area contributed by atoms with Crippen LogP contribution in [0.2, 0.25) is 0 Å². The second kappa shape index (κ2) is 3.22. The number of hydrogen-bond donors (Lipinski definition) is 1. The molecular weight excluding hydrogens is 134 g/mol. The lowest BCUT2D eigenvalue weighted by Gasteiger charge is -2.20. The van der Waals surface area contributed by atoms with E-state index in [0.29, 0.717) is 11.8 Å². The van der Waals surface area contributed by atoms with Crippen molar-refractivity contribution in [1.82, 2.24) is 0 Å². The summed E-state index contributed by atoms with van der Waals surface area (Å²) >= 11 is 0. The molecule has 0 radical (unpaired) electrons. The fraction of sp³-hybridized carbons (Fsp3) is 0.600. The van der Waals surface area contributed by atoms with E-state index in [-0.39, 0.29) is 6.04 Å². The third-order valence-corrected chi connectivity index (χ3v) is 2.25. The predicted octanol–water partition coefficient (Wildman–Crippen LogP) is 2.10. The Morgan fingerprint density at radius 1 is 1.45 bits per heavy atom. The van der Waals surface area contributed by atoms with Crippen LogP contribution >= 0.6 is 0 Å². The van der Waals surface area contributed by atoms with Crippen molar-refractivity contribution >= 4 is 0 Å². The van der Waals surface area contributed by atoms with Crippen molar-refractivity contribution in [1.29, 1.82) is 0 Å². The molecule has 0 aliphatic heterocycles. The molecule has 2 atom stereocenters. The lowest BCUT2D eigenvalue weighted by molar-refractivity contribution is 0.607. The molecule has 2 N–H and O–H groups in total. The van der Waals surface area contributed by atoms with Crippen LogP contribution in [0.15, 0.2) is 23.8 Å². The molecule has 1 aliphatic carbocycles. The highest BCUT2D eigenvalue weighted by atomic mass is 14.6. The summed E-state index contributed by atoms with van der Waals surface area (Å²) in [6.07, 6.45) is 6.56. The van der Waals surface area contributed by atoms with Gasteiger partial charge >= 0.3 is 0 Å². The second-order valence-electron chi connectivity index (χ2n) is 3.62. The topological polar surface area (TPSA) is 26.0 Å². The highest BCUT2D eigenvalue weighted by Gasteiger charge is 2.13. The monoisotopic (exact) mass is 151 g/mol. The van der Waals surface area contributed by atoms with E-state index in [9.17, 15) is 0 Å². The lowest BCUT2D eigenvalue weighted by Crippen LogP contribution is -2.27. The standard InChI is InChI=1S/C10H17N/c1-7(2)9-5-4-8(3)10(11)6-9/h4-8,10H,11H2,1-3H3. The molecule has 1 heteroatoms. The Hall–Kier alpha value is -0.560. The van der Waals surface area contributed by atoms with Gasteiger partial charge in [-0.05, 0) is 17.4 Å². The SMILES string of the molecule is CC(C)C1=CC(N)C(C)C=C1. The summed E-state index contributed by atoms with van der Waals surface area (Å²) < 4.78 is 0. The van der Waals surface area contributed by atoms with E-state index in [1.165, 1.54) is 5.57 Å². The average molecular weight is 151 g/mol. The number of nitrogens with two attached hydrogens (primary N) is 1. The predicted molar refractivity (Wildman–Crippen MR) is 49.2 cm³/mol. The minimum Gasteiger partial charge on any atom is -0.324 e. The molecule has 0 fully saturated rings. The minimum absolute atomic E-state index is 0.220. The average Bonchev–Trinajstić information content (AvgIpc) is 1.94. The molecule has 1 aliphatic rings.